The monoisotopic (exact) mass is 252 g/mol. The Hall–Kier alpha value is -2.24. The molecule has 0 amide bonds. The number of halogens is 2. The van der Waals surface area contributed by atoms with E-state index in [1.54, 1.807) is 6.92 Å². The van der Waals surface area contributed by atoms with Gasteiger partial charge < -0.3 is 9.84 Å². The number of nitrogens with zero attached hydrogens (tertiary/aromatic N) is 1. The lowest BCUT2D eigenvalue weighted by molar-refractivity contribution is -0.266. The first-order valence-electron chi connectivity index (χ1n) is 5.16. The number of carbonyl (C=O) groups excluding carboxylic acids is 1. The maximum absolute atomic E-state index is 13.4. The predicted molar refractivity (Wildman–Crippen MR) is 57.1 cm³/mol. The van der Waals surface area contributed by atoms with E-state index in [0.29, 0.717) is 6.07 Å². The zero-order chi connectivity index (χ0) is 13.3. The molecule has 0 aliphatic heterocycles. The van der Waals surface area contributed by atoms with E-state index in [0.717, 1.165) is 12.3 Å². The summed E-state index contributed by atoms with van der Waals surface area (Å²) in [4.78, 5) is 15.1. The Morgan fingerprint density at radius 3 is 2.83 bits per heavy atom. The summed E-state index contributed by atoms with van der Waals surface area (Å²) in [5, 5.41) is 11.6. The van der Waals surface area contributed by atoms with E-state index in [2.05, 4.69) is 9.72 Å². The number of benzene rings is 1. The van der Waals surface area contributed by atoms with Gasteiger partial charge in [0, 0.05) is 12.3 Å². The molecule has 2 aromatic rings. The van der Waals surface area contributed by atoms with E-state index in [9.17, 15) is 18.7 Å². The fourth-order valence-corrected chi connectivity index (χ4v) is 1.56. The van der Waals surface area contributed by atoms with Crippen LogP contribution in [0.3, 0.4) is 0 Å². The van der Waals surface area contributed by atoms with Gasteiger partial charge in [0.15, 0.2) is 5.82 Å². The van der Waals surface area contributed by atoms with Crippen molar-refractivity contribution in [2.24, 2.45) is 0 Å². The predicted octanol–water partition coefficient (Wildman–Crippen LogP) is 1.76. The van der Waals surface area contributed by atoms with E-state index in [-0.39, 0.29) is 23.1 Å². The van der Waals surface area contributed by atoms with Gasteiger partial charge >= 0.3 is 5.97 Å². The van der Waals surface area contributed by atoms with Crippen LogP contribution in [0.15, 0.2) is 18.3 Å². The second-order valence-electron chi connectivity index (χ2n) is 3.51. The Labute approximate surface area is 101 Å². The van der Waals surface area contributed by atoms with Gasteiger partial charge in [-0.2, -0.15) is 0 Å². The van der Waals surface area contributed by atoms with Gasteiger partial charge in [-0.3, -0.25) is 4.98 Å². The van der Waals surface area contributed by atoms with Crippen molar-refractivity contribution in [2.45, 2.75) is 6.92 Å². The molecule has 0 radical (unpaired) electrons. The molecular formula is C12H8F2NO3-. The van der Waals surface area contributed by atoms with Crippen LogP contribution in [0.1, 0.15) is 17.3 Å². The average Bonchev–Trinajstić information content (AvgIpc) is 2.30. The lowest BCUT2D eigenvalue weighted by Crippen LogP contribution is -2.10. The van der Waals surface area contributed by atoms with Crippen molar-refractivity contribution in [2.75, 3.05) is 6.61 Å². The van der Waals surface area contributed by atoms with Crippen LogP contribution in [0.2, 0.25) is 0 Å². The molecule has 0 unspecified atom stereocenters. The summed E-state index contributed by atoms with van der Waals surface area (Å²) in [6.45, 7) is 1.67. The molecule has 0 aliphatic rings. The summed E-state index contributed by atoms with van der Waals surface area (Å²) in [7, 11) is 0. The molecule has 0 bridgehead atoms. The van der Waals surface area contributed by atoms with E-state index in [4.69, 9.17) is 0 Å². The van der Waals surface area contributed by atoms with Gasteiger partial charge in [-0.05, 0) is 18.4 Å². The first-order chi connectivity index (χ1) is 8.54. The lowest BCUT2D eigenvalue weighted by atomic mass is 10.1. The number of rotatable bonds is 2. The Bertz CT molecular complexity index is 628. The molecule has 0 N–H and O–H groups in total. The van der Waals surface area contributed by atoms with Crippen LogP contribution in [0.25, 0.3) is 10.9 Å². The highest BCUT2D eigenvalue weighted by Crippen LogP contribution is 2.27. The van der Waals surface area contributed by atoms with Gasteiger partial charge in [-0.1, -0.05) is 5.75 Å². The molecule has 2 rings (SSSR count). The van der Waals surface area contributed by atoms with Crippen LogP contribution in [0.4, 0.5) is 8.78 Å². The molecule has 0 fully saturated rings. The van der Waals surface area contributed by atoms with Gasteiger partial charge in [0.2, 0.25) is 0 Å². The Balaban J connectivity index is 2.67. The smallest absolute Gasteiger partial charge is 0.339 e. The third-order valence-electron chi connectivity index (χ3n) is 2.34. The van der Waals surface area contributed by atoms with Gasteiger partial charge in [-0.25, -0.2) is 13.6 Å². The molecule has 4 nitrogen and oxygen atoms in total. The zero-order valence-electron chi connectivity index (χ0n) is 9.37. The molecule has 1 heterocycles. The van der Waals surface area contributed by atoms with Crippen LogP contribution >= 0.6 is 0 Å². The molecule has 0 aliphatic carbocycles. The van der Waals surface area contributed by atoms with Crippen LogP contribution in [-0.2, 0) is 4.74 Å². The number of carbonyl (C=O) groups is 1. The van der Waals surface area contributed by atoms with E-state index >= 15 is 0 Å². The molecule has 1 aromatic heterocycles. The number of hydrogen-bond acceptors (Lipinski definition) is 4. The largest absolute Gasteiger partial charge is 0.871 e. The van der Waals surface area contributed by atoms with Crippen LogP contribution < -0.4 is 5.11 Å². The molecule has 0 atom stereocenters. The topological polar surface area (TPSA) is 62.2 Å². The third-order valence-corrected chi connectivity index (χ3v) is 2.34. The highest BCUT2D eigenvalue weighted by Gasteiger charge is 2.13. The summed E-state index contributed by atoms with van der Waals surface area (Å²) in [6.07, 6.45) is 0.934. The zero-order valence-corrected chi connectivity index (χ0v) is 9.37. The van der Waals surface area contributed by atoms with Gasteiger partial charge in [0.05, 0.1) is 12.2 Å². The van der Waals surface area contributed by atoms with E-state index < -0.39 is 23.4 Å². The highest BCUT2D eigenvalue weighted by atomic mass is 19.1. The molecule has 6 heteroatoms. The number of ether oxygens (including phenoxy) is 1. The standard InChI is InChI=1S/C12H9F2NO3/c1-2-18-12(17)8-5-15-10-7(11(8)16)3-6(13)4-9(10)14/h3-5H,2H2,1H3,(H,15,16)/p-1. The SMILES string of the molecule is CCOC(=O)c1cnc2c(F)cc(F)cc2c1[O-]. The second-order valence-corrected chi connectivity index (χ2v) is 3.51. The Morgan fingerprint density at radius 1 is 1.44 bits per heavy atom. The second kappa shape index (κ2) is 4.56. The van der Waals surface area contributed by atoms with Crippen molar-refractivity contribution in [3.63, 3.8) is 0 Å². The minimum atomic E-state index is -0.947. The summed E-state index contributed by atoms with van der Waals surface area (Å²) in [5.41, 5.74) is -0.608. The summed E-state index contributed by atoms with van der Waals surface area (Å²) >= 11 is 0. The first-order valence-corrected chi connectivity index (χ1v) is 5.16. The average molecular weight is 252 g/mol. The molecule has 0 spiro atoms. The fourth-order valence-electron chi connectivity index (χ4n) is 1.56. The Kier molecular flexibility index (Phi) is 3.10. The van der Waals surface area contributed by atoms with E-state index in [1.165, 1.54) is 0 Å². The summed E-state index contributed by atoms with van der Waals surface area (Å²) in [6, 6.07) is 1.47. The van der Waals surface area contributed by atoms with Gasteiger partial charge in [-0.15, -0.1) is 0 Å². The van der Waals surface area contributed by atoms with Crippen LogP contribution in [0, 0.1) is 11.6 Å². The lowest BCUT2D eigenvalue weighted by Gasteiger charge is -2.15. The van der Waals surface area contributed by atoms with Crippen molar-refractivity contribution in [1.29, 1.82) is 0 Å². The van der Waals surface area contributed by atoms with Crippen molar-refractivity contribution >= 4 is 16.9 Å². The van der Waals surface area contributed by atoms with Crippen LogP contribution in [0.5, 0.6) is 5.75 Å². The molecule has 0 saturated heterocycles. The Morgan fingerprint density at radius 2 is 2.17 bits per heavy atom. The fraction of sp³-hybridized carbons (Fsp3) is 0.167. The molecule has 1 aromatic carbocycles. The first kappa shape index (κ1) is 12.2. The third kappa shape index (κ3) is 1.97. The van der Waals surface area contributed by atoms with Crippen molar-refractivity contribution in [1.82, 2.24) is 4.98 Å². The van der Waals surface area contributed by atoms with Crippen molar-refractivity contribution in [3.05, 3.63) is 35.5 Å². The summed E-state index contributed by atoms with van der Waals surface area (Å²) in [5.74, 6) is -3.50. The van der Waals surface area contributed by atoms with Gasteiger partial charge in [0.1, 0.15) is 11.3 Å². The molecule has 0 saturated carbocycles. The molecular weight excluding hydrogens is 244 g/mol. The van der Waals surface area contributed by atoms with Gasteiger partial charge in [0.25, 0.3) is 0 Å². The number of pyridine rings is 1. The molecule has 94 valence electrons. The number of fused-ring (bicyclic) bond motifs is 1. The number of hydrogen-bond donors (Lipinski definition) is 0. The molecule has 18 heavy (non-hydrogen) atoms. The maximum Gasteiger partial charge on any atom is 0.339 e. The van der Waals surface area contributed by atoms with Crippen LogP contribution in [-0.4, -0.2) is 17.6 Å². The quantitative estimate of drug-likeness (QED) is 0.764. The number of aromatic nitrogens is 1. The van der Waals surface area contributed by atoms with E-state index in [1.807, 2.05) is 0 Å². The number of esters is 1. The normalized spacial score (nSPS) is 10.6. The summed E-state index contributed by atoms with van der Waals surface area (Å²) < 4.78 is 31.0. The van der Waals surface area contributed by atoms with Crippen molar-refractivity contribution < 1.29 is 23.4 Å². The minimum absolute atomic E-state index is 0.0911. The highest BCUT2D eigenvalue weighted by molar-refractivity contribution is 5.99. The van der Waals surface area contributed by atoms with Crippen molar-refractivity contribution in [3.8, 4) is 5.75 Å². The minimum Gasteiger partial charge on any atom is -0.871 e. The maximum atomic E-state index is 13.4.